The highest BCUT2D eigenvalue weighted by Crippen LogP contribution is 2.14. The summed E-state index contributed by atoms with van der Waals surface area (Å²) in [6.45, 7) is 13.8. The Morgan fingerprint density at radius 2 is 1.53 bits per heavy atom. The minimum absolute atomic E-state index is 0.215. The number of hydrogen-bond acceptors (Lipinski definition) is 6. The van der Waals surface area contributed by atoms with Crippen LogP contribution in [0.3, 0.4) is 0 Å². The molecule has 0 saturated carbocycles. The minimum atomic E-state index is -0.747. The third-order valence-electron chi connectivity index (χ3n) is 4.28. The minimum Gasteiger partial charge on any atom is -0.468 e. The lowest BCUT2D eigenvalue weighted by atomic mass is 10.0. The second-order valence-electron chi connectivity index (χ2n) is 8.86. The van der Waals surface area contributed by atoms with Crippen LogP contribution >= 0.6 is 12.6 Å². The van der Waals surface area contributed by atoms with E-state index in [9.17, 15) is 9.59 Å². The summed E-state index contributed by atoms with van der Waals surface area (Å²) in [5, 5.41) is 3.02. The Kier molecular flexibility index (Phi) is 13.7. The van der Waals surface area contributed by atoms with Crippen molar-refractivity contribution in [2.24, 2.45) is 0 Å². The molecule has 0 aliphatic heterocycles. The van der Waals surface area contributed by atoms with Gasteiger partial charge in [0.25, 0.3) is 0 Å². The van der Waals surface area contributed by atoms with E-state index in [1.165, 1.54) is 18.3 Å². The van der Waals surface area contributed by atoms with Crippen molar-refractivity contribution in [1.29, 1.82) is 0 Å². The van der Waals surface area contributed by atoms with E-state index in [0.717, 1.165) is 31.3 Å². The molecular weight excluding hydrogens is 398 g/mol. The molecule has 30 heavy (non-hydrogen) atoms. The molecule has 0 heterocycles. The highest BCUT2D eigenvalue weighted by molar-refractivity contribution is 7.80. The zero-order valence-electron chi connectivity index (χ0n) is 20.0. The highest BCUT2D eigenvalue weighted by atomic mass is 32.1. The Labute approximate surface area is 188 Å². The fourth-order valence-corrected chi connectivity index (χ4v) is 2.96. The SMILES string of the molecule is COC(=O)[C@@H](CS)NC(C=C(C)CCC=C(C)CCC=C(C)C)C(=O)OC(C)(C)C. The van der Waals surface area contributed by atoms with E-state index in [1.54, 1.807) is 0 Å². The number of ether oxygens (including phenoxy) is 2. The first-order valence-electron chi connectivity index (χ1n) is 10.5. The van der Waals surface area contributed by atoms with Gasteiger partial charge in [-0.05, 0) is 74.1 Å². The van der Waals surface area contributed by atoms with Crippen LogP contribution in [0.1, 0.15) is 74.1 Å². The van der Waals surface area contributed by atoms with Crippen LogP contribution in [-0.2, 0) is 19.1 Å². The van der Waals surface area contributed by atoms with Gasteiger partial charge in [0, 0.05) is 5.75 Å². The van der Waals surface area contributed by atoms with E-state index in [2.05, 4.69) is 50.9 Å². The van der Waals surface area contributed by atoms with E-state index >= 15 is 0 Å². The van der Waals surface area contributed by atoms with Crippen molar-refractivity contribution in [3.05, 3.63) is 34.9 Å². The van der Waals surface area contributed by atoms with Crippen LogP contribution in [0.5, 0.6) is 0 Å². The molecule has 2 atom stereocenters. The van der Waals surface area contributed by atoms with Gasteiger partial charge in [-0.2, -0.15) is 12.6 Å². The molecule has 0 radical (unpaired) electrons. The molecular formula is C24H41NO4S. The van der Waals surface area contributed by atoms with Crippen molar-refractivity contribution < 1.29 is 19.1 Å². The number of methoxy groups -OCH3 is 1. The number of carbonyl (C=O) groups excluding carboxylic acids is 2. The fraction of sp³-hybridized carbons (Fsp3) is 0.667. The van der Waals surface area contributed by atoms with Gasteiger partial charge in [-0.15, -0.1) is 0 Å². The molecule has 0 amide bonds. The van der Waals surface area contributed by atoms with Crippen molar-refractivity contribution in [2.45, 2.75) is 91.8 Å². The maximum atomic E-state index is 12.7. The summed E-state index contributed by atoms with van der Waals surface area (Å²) in [6.07, 6.45) is 10.2. The Morgan fingerprint density at radius 1 is 0.967 bits per heavy atom. The lowest BCUT2D eigenvalue weighted by molar-refractivity contribution is -0.156. The van der Waals surface area contributed by atoms with Gasteiger partial charge in [0.15, 0.2) is 0 Å². The maximum absolute atomic E-state index is 12.7. The maximum Gasteiger partial charge on any atom is 0.327 e. The van der Waals surface area contributed by atoms with Crippen LogP contribution in [-0.4, -0.2) is 42.5 Å². The zero-order valence-corrected chi connectivity index (χ0v) is 20.9. The summed E-state index contributed by atoms with van der Waals surface area (Å²) in [4.78, 5) is 24.6. The predicted octanol–water partition coefficient (Wildman–Crippen LogP) is 5.18. The normalized spacial score (nSPS) is 14.7. The Morgan fingerprint density at radius 3 is 2.03 bits per heavy atom. The number of allylic oxidation sites excluding steroid dienone is 5. The first-order chi connectivity index (χ1) is 13.9. The van der Waals surface area contributed by atoms with E-state index in [0.29, 0.717) is 0 Å². The van der Waals surface area contributed by atoms with Crippen molar-refractivity contribution >= 4 is 24.6 Å². The third kappa shape index (κ3) is 13.6. The number of esters is 2. The van der Waals surface area contributed by atoms with Gasteiger partial charge < -0.3 is 9.47 Å². The molecule has 0 aromatic carbocycles. The number of nitrogens with one attached hydrogen (secondary N) is 1. The summed E-state index contributed by atoms with van der Waals surface area (Å²) in [7, 11) is 1.32. The molecule has 0 fully saturated rings. The van der Waals surface area contributed by atoms with Gasteiger partial charge in [-0.25, -0.2) is 4.79 Å². The molecule has 0 bridgehead atoms. The summed E-state index contributed by atoms with van der Waals surface area (Å²) in [5.41, 5.74) is 3.14. The van der Waals surface area contributed by atoms with Gasteiger partial charge in [0.05, 0.1) is 7.11 Å². The molecule has 172 valence electrons. The van der Waals surface area contributed by atoms with Crippen LogP contribution in [0.4, 0.5) is 0 Å². The number of rotatable bonds is 12. The molecule has 0 spiro atoms. The molecule has 0 saturated heterocycles. The van der Waals surface area contributed by atoms with Crippen molar-refractivity contribution in [3.63, 3.8) is 0 Å². The van der Waals surface area contributed by atoms with E-state index < -0.39 is 29.6 Å². The molecule has 0 rings (SSSR count). The smallest absolute Gasteiger partial charge is 0.327 e. The Hall–Kier alpha value is -1.53. The Balaban J connectivity index is 5.16. The fourth-order valence-electron chi connectivity index (χ4n) is 2.71. The average Bonchev–Trinajstić information content (AvgIpc) is 2.62. The van der Waals surface area contributed by atoms with E-state index in [-0.39, 0.29) is 5.75 Å². The summed E-state index contributed by atoms with van der Waals surface area (Å²) in [5.74, 6) is -0.669. The summed E-state index contributed by atoms with van der Waals surface area (Å²) < 4.78 is 10.3. The second kappa shape index (κ2) is 14.5. The molecule has 0 aliphatic rings. The zero-order chi connectivity index (χ0) is 23.3. The summed E-state index contributed by atoms with van der Waals surface area (Å²) >= 11 is 4.20. The van der Waals surface area contributed by atoms with Gasteiger partial charge in [-0.3, -0.25) is 10.1 Å². The van der Waals surface area contributed by atoms with Crippen LogP contribution in [0.2, 0.25) is 0 Å². The van der Waals surface area contributed by atoms with Gasteiger partial charge in [0.1, 0.15) is 17.7 Å². The lowest BCUT2D eigenvalue weighted by Crippen LogP contribution is -2.49. The van der Waals surface area contributed by atoms with Crippen LogP contribution in [0.25, 0.3) is 0 Å². The molecule has 6 heteroatoms. The van der Waals surface area contributed by atoms with Crippen LogP contribution in [0, 0.1) is 0 Å². The number of thiol groups is 1. The number of carbonyl (C=O) groups is 2. The van der Waals surface area contributed by atoms with Crippen LogP contribution in [0.15, 0.2) is 34.9 Å². The first kappa shape index (κ1) is 28.5. The Bertz CT molecular complexity index is 640. The topological polar surface area (TPSA) is 64.6 Å². The predicted molar refractivity (Wildman–Crippen MR) is 128 cm³/mol. The van der Waals surface area contributed by atoms with Crippen molar-refractivity contribution in [1.82, 2.24) is 5.32 Å². The number of hydrogen-bond donors (Lipinski definition) is 2. The largest absolute Gasteiger partial charge is 0.468 e. The second-order valence-corrected chi connectivity index (χ2v) is 9.22. The highest BCUT2D eigenvalue weighted by Gasteiger charge is 2.28. The lowest BCUT2D eigenvalue weighted by Gasteiger charge is -2.25. The quantitative estimate of drug-likeness (QED) is 0.249. The molecule has 0 aliphatic carbocycles. The average molecular weight is 440 g/mol. The molecule has 0 aromatic rings. The van der Waals surface area contributed by atoms with Gasteiger partial charge in [0.2, 0.25) is 0 Å². The van der Waals surface area contributed by atoms with Crippen molar-refractivity contribution in [2.75, 3.05) is 12.9 Å². The molecule has 1 unspecified atom stereocenters. The standard InChI is InChI=1S/C24H41NO4S/c1-17(2)11-9-12-18(3)13-10-14-19(4)15-20(23(27)29-24(5,6)7)25-21(16-30)22(26)28-8/h11,13,15,20-21,25,30H,9-10,12,14,16H2,1-8H3/t20?,21-/m1/s1. The monoisotopic (exact) mass is 439 g/mol. The van der Waals surface area contributed by atoms with E-state index in [4.69, 9.17) is 9.47 Å². The van der Waals surface area contributed by atoms with Gasteiger partial charge in [-0.1, -0.05) is 34.9 Å². The first-order valence-corrected chi connectivity index (χ1v) is 11.2. The van der Waals surface area contributed by atoms with Crippen LogP contribution < -0.4 is 5.32 Å². The van der Waals surface area contributed by atoms with Crippen molar-refractivity contribution in [3.8, 4) is 0 Å². The molecule has 0 aromatic heterocycles. The summed E-state index contributed by atoms with van der Waals surface area (Å²) in [6, 6.07) is -1.44. The van der Waals surface area contributed by atoms with Gasteiger partial charge >= 0.3 is 11.9 Å². The van der Waals surface area contributed by atoms with E-state index in [1.807, 2.05) is 33.8 Å². The molecule has 1 N–H and O–H groups in total. The molecule has 5 nitrogen and oxygen atoms in total. The third-order valence-corrected chi connectivity index (χ3v) is 4.65.